The number of aryl methyl sites for hydroxylation is 1. The van der Waals surface area contributed by atoms with E-state index >= 15 is 0 Å². The number of esters is 1. The third kappa shape index (κ3) is 3.04. The zero-order valence-electron chi connectivity index (χ0n) is 12.0. The summed E-state index contributed by atoms with van der Waals surface area (Å²) in [6, 6.07) is 3.64. The Balaban J connectivity index is 1.60. The second-order valence-corrected chi connectivity index (χ2v) is 5.13. The Bertz CT molecular complexity index is 615. The molecule has 0 atom stereocenters. The van der Waals surface area contributed by atoms with Crippen LogP contribution in [0.5, 0.6) is 0 Å². The van der Waals surface area contributed by atoms with E-state index in [1.807, 2.05) is 23.9 Å². The van der Waals surface area contributed by atoms with Crippen molar-refractivity contribution in [3.05, 3.63) is 42.1 Å². The molecular weight excluding hydrogens is 268 g/mol. The molecule has 0 radical (unpaired) electrons. The number of imidazole rings is 1. The van der Waals surface area contributed by atoms with E-state index < -0.39 is 0 Å². The van der Waals surface area contributed by atoms with Crippen LogP contribution in [0.2, 0.25) is 0 Å². The van der Waals surface area contributed by atoms with Crippen molar-refractivity contribution in [1.29, 1.82) is 0 Å². The lowest BCUT2D eigenvalue weighted by molar-refractivity contribution is 0.0459. The lowest BCUT2D eigenvalue weighted by atomic mass is 10.3. The molecule has 0 N–H and O–H groups in total. The Kier molecular flexibility index (Phi) is 3.85. The Morgan fingerprint density at radius 1 is 1.29 bits per heavy atom. The van der Waals surface area contributed by atoms with E-state index in [2.05, 4.69) is 14.9 Å². The summed E-state index contributed by atoms with van der Waals surface area (Å²) in [5, 5.41) is 0. The molecule has 1 aliphatic rings. The standard InChI is InChI=1S/C15H18N4O2/c1-18-9-6-16-14(18)11-21-15(20)12-4-5-13(17-10-12)19-7-2-3-8-19/h4-6,9-10H,2-3,7-8,11H2,1H3. The lowest BCUT2D eigenvalue weighted by Crippen LogP contribution is -2.19. The second kappa shape index (κ2) is 5.95. The molecule has 110 valence electrons. The molecule has 1 fully saturated rings. The van der Waals surface area contributed by atoms with Gasteiger partial charge in [-0.05, 0) is 25.0 Å². The number of rotatable bonds is 4. The van der Waals surface area contributed by atoms with Crippen molar-refractivity contribution in [2.45, 2.75) is 19.4 Å². The number of carbonyl (C=O) groups is 1. The largest absolute Gasteiger partial charge is 0.454 e. The van der Waals surface area contributed by atoms with Gasteiger partial charge in [-0.3, -0.25) is 0 Å². The minimum atomic E-state index is -0.376. The topological polar surface area (TPSA) is 60.3 Å². The van der Waals surface area contributed by atoms with Crippen molar-refractivity contribution < 1.29 is 9.53 Å². The predicted molar refractivity (Wildman–Crippen MR) is 78.0 cm³/mol. The number of hydrogen-bond acceptors (Lipinski definition) is 5. The van der Waals surface area contributed by atoms with Crippen LogP contribution in [-0.4, -0.2) is 33.6 Å². The van der Waals surface area contributed by atoms with Crippen molar-refractivity contribution in [3.63, 3.8) is 0 Å². The van der Waals surface area contributed by atoms with Crippen LogP contribution in [0.3, 0.4) is 0 Å². The summed E-state index contributed by atoms with van der Waals surface area (Å²) in [5.41, 5.74) is 0.465. The summed E-state index contributed by atoms with van der Waals surface area (Å²) in [4.78, 5) is 22.7. The van der Waals surface area contributed by atoms with Crippen LogP contribution in [0.4, 0.5) is 5.82 Å². The molecule has 0 amide bonds. The van der Waals surface area contributed by atoms with Crippen molar-refractivity contribution in [1.82, 2.24) is 14.5 Å². The summed E-state index contributed by atoms with van der Waals surface area (Å²) in [6.45, 7) is 2.24. The molecule has 0 unspecified atom stereocenters. The van der Waals surface area contributed by atoms with Crippen LogP contribution in [0.1, 0.15) is 29.0 Å². The molecule has 0 saturated carbocycles. The molecule has 3 rings (SSSR count). The third-order valence-corrected chi connectivity index (χ3v) is 3.67. The number of pyridine rings is 1. The van der Waals surface area contributed by atoms with Crippen LogP contribution < -0.4 is 4.90 Å². The highest BCUT2D eigenvalue weighted by Gasteiger charge is 2.15. The summed E-state index contributed by atoms with van der Waals surface area (Å²) in [7, 11) is 1.86. The smallest absolute Gasteiger partial charge is 0.340 e. The van der Waals surface area contributed by atoms with Gasteiger partial charge in [-0.25, -0.2) is 14.8 Å². The molecule has 0 spiro atoms. The van der Waals surface area contributed by atoms with Crippen molar-refractivity contribution in [2.24, 2.45) is 7.05 Å². The summed E-state index contributed by atoms with van der Waals surface area (Å²) >= 11 is 0. The van der Waals surface area contributed by atoms with E-state index in [-0.39, 0.29) is 12.6 Å². The fourth-order valence-electron chi connectivity index (χ4n) is 2.39. The summed E-state index contributed by atoms with van der Waals surface area (Å²) in [5.74, 6) is 1.26. The molecule has 2 aromatic rings. The van der Waals surface area contributed by atoms with Gasteiger partial charge in [0.25, 0.3) is 0 Å². The Morgan fingerprint density at radius 2 is 2.10 bits per heavy atom. The van der Waals surface area contributed by atoms with Gasteiger partial charge in [0.2, 0.25) is 0 Å². The van der Waals surface area contributed by atoms with Crippen LogP contribution in [0.25, 0.3) is 0 Å². The van der Waals surface area contributed by atoms with Crippen molar-refractivity contribution in [3.8, 4) is 0 Å². The van der Waals surface area contributed by atoms with Gasteiger partial charge in [0.15, 0.2) is 0 Å². The fraction of sp³-hybridized carbons (Fsp3) is 0.400. The quantitative estimate of drug-likeness (QED) is 0.802. The molecule has 3 heterocycles. The second-order valence-electron chi connectivity index (χ2n) is 5.13. The first-order chi connectivity index (χ1) is 10.2. The van der Waals surface area contributed by atoms with E-state index in [0.717, 1.165) is 18.9 Å². The van der Waals surface area contributed by atoms with Gasteiger partial charge >= 0.3 is 5.97 Å². The Hall–Kier alpha value is -2.37. The fourth-order valence-corrected chi connectivity index (χ4v) is 2.39. The van der Waals surface area contributed by atoms with Crippen molar-refractivity contribution >= 4 is 11.8 Å². The van der Waals surface area contributed by atoms with Crippen LogP contribution >= 0.6 is 0 Å². The zero-order chi connectivity index (χ0) is 14.7. The average molecular weight is 286 g/mol. The maximum atomic E-state index is 12.0. The number of nitrogens with zero attached hydrogens (tertiary/aromatic N) is 4. The molecule has 21 heavy (non-hydrogen) atoms. The first-order valence-electron chi connectivity index (χ1n) is 7.08. The first-order valence-corrected chi connectivity index (χ1v) is 7.08. The van der Waals surface area contributed by atoms with E-state index in [9.17, 15) is 4.79 Å². The van der Waals surface area contributed by atoms with Gasteiger partial charge in [0.05, 0.1) is 5.56 Å². The van der Waals surface area contributed by atoms with Gasteiger partial charge in [-0.2, -0.15) is 0 Å². The molecule has 1 aliphatic heterocycles. The number of hydrogen-bond donors (Lipinski definition) is 0. The van der Waals surface area contributed by atoms with E-state index in [1.54, 1.807) is 18.5 Å². The van der Waals surface area contributed by atoms with Crippen molar-refractivity contribution in [2.75, 3.05) is 18.0 Å². The normalized spacial score (nSPS) is 14.4. The molecule has 0 aliphatic carbocycles. The average Bonchev–Trinajstić information content (AvgIpc) is 3.17. The van der Waals surface area contributed by atoms with E-state index in [4.69, 9.17) is 4.74 Å². The molecule has 0 bridgehead atoms. The highest BCUT2D eigenvalue weighted by Crippen LogP contribution is 2.17. The summed E-state index contributed by atoms with van der Waals surface area (Å²) in [6.07, 6.45) is 7.48. The van der Waals surface area contributed by atoms with Crippen LogP contribution in [-0.2, 0) is 18.4 Å². The highest BCUT2D eigenvalue weighted by molar-refractivity contribution is 5.89. The SMILES string of the molecule is Cn1ccnc1COC(=O)c1ccc(N2CCCC2)nc1. The monoisotopic (exact) mass is 286 g/mol. The minimum Gasteiger partial charge on any atom is -0.454 e. The number of carbonyl (C=O) groups excluding carboxylic acids is 1. The predicted octanol–water partition coefficient (Wildman–Crippen LogP) is 1.77. The Labute approximate surface area is 123 Å². The van der Waals surface area contributed by atoms with E-state index in [0.29, 0.717) is 11.4 Å². The number of ether oxygens (including phenoxy) is 1. The van der Waals surface area contributed by atoms with Crippen LogP contribution in [0, 0.1) is 0 Å². The Morgan fingerprint density at radius 3 is 2.71 bits per heavy atom. The minimum absolute atomic E-state index is 0.163. The van der Waals surface area contributed by atoms with Crippen LogP contribution in [0.15, 0.2) is 30.7 Å². The van der Waals surface area contributed by atoms with Gasteiger partial charge in [0.1, 0.15) is 18.2 Å². The van der Waals surface area contributed by atoms with E-state index in [1.165, 1.54) is 12.8 Å². The molecule has 6 heteroatoms. The third-order valence-electron chi connectivity index (χ3n) is 3.67. The lowest BCUT2D eigenvalue weighted by Gasteiger charge is -2.15. The number of aromatic nitrogens is 3. The zero-order valence-corrected chi connectivity index (χ0v) is 12.0. The first kappa shape index (κ1) is 13.6. The van der Waals surface area contributed by atoms with Gasteiger partial charge in [-0.1, -0.05) is 0 Å². The molecule has 1 saturated heterocycles. The number of anilines is 1. The molecule has 6 nitrogen and oxygen atoms in total. The molecular formula is C15H18N4O2. The van der Waals surface area contributed by atoms with Gasteiger partial charge in [-0.15, -0.1) is 0 Å². The molecule has 0 aromatic carbocycles. The summed E-state index contributed by atoms with van der Waals surface area (Å²) < 4.78 is 7.06. The molecule has 2 aromatic heterocycles. The maximum Gasteiger partial charge on any atom is 0.340 e. The van der Waals surface area contributed by atoms with Gasteiger partial charge in [0, 0.05) is 38.7 Å². The van der Waals surface area contributed by atoms with Gasteiger partial charge < -0.3 is 14.2 Å². The maximum absolute atomic E-state index is 12.0. The highest BCUT2D eigenvalue weighted by atomic mass is 16.5.